The van der Waals surface area contributed by atoms with Gasteiger partial charge in [0.05, 0.1) is 18.8 Å². The van der Waals surface area contributed by atoms with Crippen molar-refractivity contribution in [2.45, 2.75) is 12.0 Å². The minimum atomic E-state index is -1.50. The zero-order valence-corrected chi connectivity index (χ0v) is 15.0. The number of amidine groups is 1. The molecule has 1 N–H and O–H groups in total. The number of hydrogen-bond donors (Lipinski definition) is 1. The molecular formula is C19H19N3O3S. The van der Waals surface area contributed by atoms with Crippen molar-refractivity contribution >= 4 is 39.3 Å². The molecule has 0 saturated carbocycles. The molecule has 7 heteroatoms. The van der Waals surface area contributed by atoms with Crippen LogP contribution in [0.25, 0.3) is 0 Å². The van der Waals surface area contributed by atoms with Gasteiger partial charge in [0.15, 0.2) is 11.4 Å². The number of aliphatic hydroxyl groups is 1. The van der Waals surface area contributed by atoms with Crippen LogP contribution in [0.2, 0.25) is 0 Å². The Kier molecular flexibility index (Phi) is 3.63. The van der Waals surface area contributed by atoms with Crippen LogP contribution in [-0.2, 0) is 4.74 Å². The number of anilines is 2. The van der Waals surface area contributed by atoms with E-state index in [9.17, 15) is 9.90 Å². The van der Waals surface area contributed by atoms with Crippen LogP contribution in [0.4, 0.5) is 16.4 Å². The number of Topliss-reactive ketones (excluding diaryl/α,β-unsaturated/α-hetero) is 1. The van der Waals surface area contributed by atoms with E-state index in [4.69, 9.17) is 4.74 Å². The lowest BCUT2D eigenvalue weighted by Gasteiger charge is -2.30. The Morgan fingerprint density at radius 1 is 1.08 bits per heavy atom. The number of fused-ring (bicyclic) bond motifs is 2. The number of carbonyl (C=O) groups is 1. The molecule has 0 radical (unpaired) electrons. The molecule has 0 spiro atoms. The van der Waals surface area contributed by atoms with Crippen molar-refractivity contribution in [3.63, 3.8) is 0 Å². The van der Waals surface area contributed by atoms with Crippen molar-refractivity contribution in [3.8, 4) is 0 Å². The van der Waals surface area contributed by atoms with E-state index in [0.717, 1.165) is 37.7 Å². The van der Waals surface area contributed by atoms with Crippen LogP contribution < -0.4 is 9.80 Å². The maximum atomic E-state index is 12.7. The predicted octanol–water partition coefficient (Wildman–Crippen LogP) is 2.45. The molecular weight excluding hydrogens is 350 g/mol. The first kappa shape index (κ1) is 16.0. The Hall–Kier alpha value is -2.22. The summed E-state index contributed by atoms with van der Waals surface area (Å²) in [5.74, 6) is 0.225. The van der Waals surface area contributed by atoms with E-state index in [2.05, 4.69) is 22.0 Å². The summed E-state index contributed by atoms with van der Waals surface area (Å²) in [6.45, 7) is 3.87. The van der Waals surface area contributed by atoms with E-state index in [1.54, 1.807) is 6.07 Å². The maximum Gasteiger partial charge on any atom is 0.205 e. The second-order valence-corrected chi connectivity index (χ2v) is 7.68. The predicted molar refractivity (Wildman–Crippen MR) is 102 cm³/mol. The third kappa shape index (κ3) is 2.31. The summed E-state index contributed by atoms with van der Waals surface area (Å²) in [5, 5.41) is 13.5. The van der Waals surface area contributed by atoms with Gasteiger partial charge >= 0.3 is 0 Å². The molecule has 3 aliphatic heterocycles. The molecule has 26 heavy (non-hydrogen) atoms. The molecule has 4 heterocycles. The Balaban J connectivity index is 1.47. The summed E-state index contributed by atoms with van der Waals surface area (Å²) >= 11 is 1.43. The molecule has 5 rings (SSSR count). The van der Waals surface area contributed by atoms with Crippen LogP contribution in [0.1, 0.15) is 16.8 Å². The van der Waals surface area contributed by atoms with Gasteiger partial charge < -0.3 is 19.6 Å². The summed E-state index contributed by atoms with van der Waals surface area (Å²) in [5.41, 5.74) is 1.14. The molecule has 1 aromatic heterocycles. The van der Waals surface area contributed by atoms with E-state index in [1.807, 2.05) is 22.4 Å². The fourth-order valence-corrected chi connectivity index (χ4v) is 4.64. The number of nitrogens with zero attached hydrogens (tertiary/aromatic N) is 3. The number of ketones is 1. The van der Waals surface area contributed by atoms with Gasteiger partial charge in [-0.05, 0) is 35.7 Å². The van der Waals surface area contributed by atoms with Crippen molar-refractivity contribution in [1.82, 2.24) is 0 Å². The highest BCUT2D eigenvalue weighted by atomic mass is 32.1. The Labute approximate surface area is 155 Å². The number of aliphatic imine (C=N–C) groups is 1. The molecule has 1 aromatic carbocycles. The first-order valence-corrected chi connectivity index (χ1v) is 9.69. The largest absolute Gasteiger partial charge is 0.378 e. The van der Waals surface area contributed by atoms with Crippen molar-refractivity contribution in [3.05, 3.63) is 41.3 Å². The maximum absolute atomic E-state index is 12.7. The average Bonchev–Trinajstić information content (AvgIpc) is 3.28. The monoisotopic (exact) mass is 369 g/mol. The SMILES string of the molecule is O=C1c2ccsc2N=C2N(c3ccc(N4CCOCC4)cc3)CCC12O. The standard InChI is InChI=1S/C19H19N3O3S/c23-16-15-5-12-26-17(15)20-18-19(16,24)6-7-22(18)14-3-1-13(2-4-14)21-8-10-25-11-9-21/h1-5,12,24H,6-11H2. The highest BCUT2D eigenvalue weighted by molar-refractivity contribution is 7.14. The highest BCUT2D eigenvalue weighted by Gasteiger charge is 2.52. The Bertz CT molecular complexity index is 886. The minimum absolute atomic E-state index is 0.230. The van der Waals surface area contributed by atoms with E-state index in [1.165, 1.54) is 11.3 Å². The second kappa shape index (κ2) is 5.90. The van der Waals surface area contributed by atoms with Crippen LogP contribution in [0.3, 0.4) is 0 Å². The zero-order chi connectivity index (χ0) is 17.7. The molecule has 0 amide bonds. The number of benzene rings is 1. The third-order valence-electron chi connectivity index (χ3n) is 5.33. The van der Waals surface area contributed by atoms with Gasteiger partial charge in [0.25, 0.3) is 0 Å². The van der Waals surface area contributed by atoms with Crippen LogP contribution in [0.5, 0.6) is 0 Å². The number of ether oxygens (including phenoxy) is 1. The molecule has 2 fully saturated rings. The number of hydrogen-bond acceptors (Lipinski definition) is 7. The van der Waals surface area contributed by atoms with E-state index in [0.29, 0.717) is 29.4 Å². The molecule has 1 unspecified atom stereocenters. The van der Waals surface area contributed by atoms with Gasteiger partial charge in [-0.15, -0.1) is 11.3 Å². The fraction of sp³-hybridized carbons (Fsp3) is 0.368. The van der Waals surface area contributed by atoms with Crippen LogP contribution >= 0.6 is 11.3 Å². The van der Waals surface area contributed by atoms with E-state index >= 15 is 0 Å². The molecule has 0 aliphatic carbocycles. The quantitative estimate of drug-likeness (QED) is 0.881. The third-order valence-corrected chi connectivity index (χ3v) is 6.14. The summed E-state index contributed by atoms with van der Waals surface area (Å²) < 4.78 is 5.40. The molecule has 2 aromatic rings. The Morgan fingerprint density at radius 3 is 2.58 bits per heavy atom. The average molecular weight is 369 g/mol. The first-order chi connectivity index (χ1) is 12.7. The lowest BCUT2D eigenvalue weighted by molar-refractivity contribution is 0.0603. The summed E-state index contributed by atoms with van der Waals surface area (Å²) in [4.78, 5) is 21.6. The molecule has 1 atom stereocenters. The molecule has 3 aliphatic rings. The van der Waals surface area contributed by atoms with Gasteiger partial charge in [0, 0.05) is 37.4 Å². The fourth-order valence-electron chi connectivity index (χ4n) is 3.88. The molecule has 0 bridgehead atoms. The van der Waals surface area contributed by atoms with E-state index in [-0.39, 0.29) is 5.78 Å². The smallest absolute Gasteiger partial charge is 0.205 e. The lowest BCUT2D eigenvalue weighted by atomic mass is 9.90. The number of rotatable bonds is 2. The molecule has 134 valence electrons. The number of thiophene rings is 1. The topological polar surface area (TPSA) is 65.4 Å². The van der Waals surface area contributed by atoms with Crippen molar-refractivity contribution in [1.29, 1.82) is 0 Å². The van der Waals surface area contributed by atoms with Gasteiger partial charge in [0.2, 0.25) is 5.78 Å². The van der Waals surface area contributed by atoms with Crippen LogP contribution in [0.15, 0.2) is 40.7 Å². The summed E-state index contributed by atoms with van der Waals surface area (Å²) in [6.07, 6.45) is 0.366. The van der Waals surface area contributed by atoms with Gasteiger partial charge in [-0.2, -0.15) is 0 Å². The van der Waals surface area contributed by atoms with Crippen molar-refractivity contribution in [2.24, 2.45) is 4.99 Å². The minimum Gasteiger partial charge on any atom is -0.378 e. The normalized spacial score (nSPS) is 25.1. The number of carbonyl (C=O) groups excluding carboxylic acids is 1. The van der Waals surface area contributed by atoms with Gasteiger partial charge in [0.1, 0.15) is 5.00 Å². The van der Waals surface area contributed by atoms with Gasteiger partial charge in [-0.25, -0.2) is 4.99 Å². The molecule has 2 saturated heterocycles. The highest BCUT2D eigenvalue weighted by Crippen LogP contribution is 2.41. The van der Waals surface area contributed by atoms with Crippen LogP contribution in [-0.4, -0.2) is 55.2 Å². The summed E-state index contributed by atoms with van der Waals surface area (Å²) in [7, 11) is 0. The Morgan fingerprint density at radius 2 is 1.81 bits per heavy atom. The van der Waals surface area contributed by atoms with Gasteiger partial charge in [-0.1, -0.05) is 0 Å². The number of morpholine rings is 1. The first-order valence-electron chi connectivity index (χ1n) is 8.81. The van der Waals surface area contributed by atoms with Crippen molar-refractivity contribution < 1.29 is 14.6 Å². The van der Waals surface area contributed by atoms with Crippen LogP contribution in [0, 0.1) is 0 Å². The zero-order valence-electron chi connectivity index (χ0n) is 14.2. The summed E-state index contributed by atoms with van der Waals surface area (Å²) in [6, 6.07) is 9.99. The molecule has 6 nitrogen and oxygen atoms in total. The second-order valence-electron chi connectivity index (χ2n) is 6.78. The van der Waals surface area contributed by atoms with E-state index < -0.39 is 5.60 Å². The van der Waals surface area contributed by atoms with Gasteiger partial charge in [-0.3, -0.25) is 4.79 Å². The van der Waals surface area contributed by atoms with Crippen molar-refractivity contribution in [2.75, 3.05) is 42.6 Å². The lowest BCUT2D eigenvalue weighted by Crippen LogP contribution is -2.48.